The van der Waals surface area contributed by atoms with Crippen molar-refractivity contribution >= 4 is 7.92 Å². The van der Waals surface area contributed by atoms with Gasteiger partial charge < -0.3 is 5.32 Å². The summed E-state index contributed by atoms with van der Waals surface area (Å²) >= 11 is 0. The van der Waals surface area contributed by atoms with E-state index >= 15 is 0 Å². The van der Waals surface area contributed by atoms with Gasteiger partial charge in [-0.25, -0.2) is 0 Å². The van der Waals surface area contributed by atoms with Crippen LogP contribution in [0.5, 0.6) is 0 Å². The lowest BCUT2D eigenvalue weighted by Gasteiger charge is -2.14. The molecule has 0 aromatic heterocycles. The molecule has 0 bridgehead atoms. The zero-order valence-electron chi connectivity index (χ0n) is 6.94. The van der Waals surface area contributed by atoms with Crippen molar-refractivity contribution in [2.24, 2.45) is 0 Å². The molecular formula is C7H18NP. The second-order valence-electron chi connectivity index (χ2n) is 2.70. The molecule has 2 heteroatoms. The van der Waals surface area contributed by atoms with Crippen LogP contribution in [0.3, 0.4) is 0 Å². The third-order valence-electron chi connectivity index (χ3n) is 1.69. The molecule has 0 aromatic carbocycles. The Morgan fingerprint density at radius 2 is 2.00 bits per heavy atom. The molecule has 1 atom stereocenters. The van der Waals surface area contributed by atoms with E-state index in [1.54, 1.807) is 0 Å². The lowest BCUT2D eigenvalue weighted by Crippen LogP contribution is -2.13. The highest BCUT2D eigenvalue weighted by Crippen LogP contribution is 2.33. The van der Waals surface area contributed by atoms with Crippen LogP contribution in [-0.2, 0) is 0 Å². The van der Waals surface area contributed by atoms with E-state index in [9.17, 15) is 0 Å². The van der Waals surface area contributed by atoms with Gasteiger partial charge in [-0.2, -0.15) is 0 Å². The second kappa shape index (κ2) is 5.20. The highest BCUT2D eigenvalue weighted by molar-refractivity contribution is 7.56. The van der Waals surface area contributed by atoms with E-state index < -0.39 is 0 Å². The Kier molecular flexibility index (Phi) is 5.42. The molecule has 0 spiro atoms. The maximum atomic E-state index is 3.16. The molecule has 0 radical (unpaired) electrons. The topological polar surface area (TPSA) is 12.0 Å². The van der Waals surface area contributed by atoms with E-state index in [0.717, 1.165) is 5.66 Å². The standard InChI is InChI=1S/C7H18NP/c1-7(9(3)4)5-6-8-2/h7-8H,5-6H2,1-4H3. The first-order chi connectivity index (χ1) is 4.18. The SMILES string of the molecule is CNCCC(C)P(C)C. The van der Waals surface area contributed by atoms with Crippen LogP contribution in [0.1, 0.15) is 13.3 Å². The molecule has 0 saturated carbocycles. The summed E-state index contributed by atoms with van der Waals surface area (Å²) in [5, 5.41) is 3.16. The molecule has 0 aliphatic heterocycles. The van der Waals surface area contributed by atoms with Gasteiger partial charge in [-0.05, 0) is 39.0 Å². The summed E-state index contributed by atoms with van der Waals surface area (Å²) in [7, 11) is 2.30. The molecule has 0 saturated heterocycles. The second-order valence-corrected chi connectivity index (χ2v) is 5.51. The largest absolute Gasteiger partial charge is 0.320 e. The predicted octanol–water partition coefficient (Wildman–Crippen LogP) is 1.73. The zero-order chi connectivity index (χ0) is 7.28. The summed E-state index contributed by atoms with van der Waals surface area (Å²) in [6, 6.07) is 0. The predicted molar refractivity (Wildman–Crippen MR) is 46.8 cm³/mol. The highest BCUT2D eigenvalue weighted by atomic mass is 31.1. The summed E-state index contributed by atoms with van der Waals surface area (Å²) in [4.78, 5) is 0. The minimum atomic E-state index is 0.287. The molecule has 1 N–H and O–H groups in total. The van der Waals surface area contributed by atoms with E-state index in [1.165, 1.54) is 13.0 Å². The lowest BCUT2D eigenvalue weighted by molar-refractivity contribution is 0.716. The zero-order valence-corrected chi connectivity index (χ0v) is 7.83. The highest BCUT2D eigenvalue weighted by Gasteiger charge is 2.03. The Balaban J connectivity index is 3.16. The van der Waals surface area contributed by atoms with E-state index in [4.69, 9.17) is 0 Å². The fourth-order valence-corrected chi connectivity index (χ4v) is 1.26. The summed E-state index contributed by atoms with van der Waals surface area (Å²) in [5.41, 5.74) is 0.924. The van der Waals surface area contributed by atoms with Gasteiger partial charge in [-0.3, -0.25) is 0 Å². The molecule has 56 valence electrons. The van der Waals surface area contributed by atoms with E-state index in [-0.39, 0.29) is 7.92 Å². The number of rotatable bonds is 4. The van der Waals surface area contributed by atoms with Crippen LogP contribution < -0.4 is 5.32 Å². The Morgan fingerprint density at radius 3 is 2.33 bits per heavy atom. The van der Waals surface area contributed by atoms with Gasteiger partial charge in [-0.15, -0.1) is 7.92 Å². The third-order valence-corrected chi connectivity index (χ3v) is 3.71. The van der Waals surface area contributed by atoms with E-state index in [2.05, 4.69) is 25.6 Å². The van der Waals surface area contributed by atoms with Gasteiger partial charge >= 0.3 is 0 Å². The molecular weight excluding hydrogens is 129 g/mol. The van der Waals surface area contributed by atoms with Crippen molar-refractivity contribution in [3.63, 3.8) is 0 Å². The Labute approximate surface area is 60.0 Å². The van der Waals surface area contributed by atoms with Crippen molar-refractivity contribution in [2.75, 3.05) is 26.9 Å². The average Bonchev–Trinajstić information content (AvgIpc) is 1.82. The normalized spacial score (nSPS) is 14.3. The Morgan fingerprint density at radius 1 is 1.44 bits per heavy atom. The van der Waals surface area contributed by atoms with Crippen LogP contribution in [-0.4, -0.2) is 32.6 Å². The first-order valence-corrected chi connectivity index (χ1v) is 5.80. The summed E-state index contributed by atoms with van der Waals surface area (Å²) in [6.07, 6.45) is 1.33. The third kappa shape index (κ3) is 4.87. The maximum Gasteiger partial charge on any atom is -0.00460 e. The smallest absolute Gasteiger partial charge is 0.00460 e. The summed E-state index contributed by atoms with van der Waals surface area (Å²) in [5.74, 6) is 0. The Bertz CT molecular complexity index is 63.9. The van der Waals surface area contributed by atoms with Gasteiger partial charge in [0.15, 0.2) is 0 Å². The molecule has 9 heavy (non-hydrogen) atoms. The van der Waals surface area contributed by atoms with Crippen molar-refractivity contribution in [1.29, 1.82) is 0 Å². The monoisotopic (exact) mass is 147 g/mol. The van der Waals surface area contributed by atoms with Crippen molar-refractivity contribution in [2.45, 2.75) is 19.0 Å². The first-order valence-electron chi connectivity index (χ1n) is 3.49. The van der Waals surface area contributed by atoms with Crippen LogP contribution in [0.2, 0.25) is 0 Å². The first kappa shape index (κ1) is 9.39. The number of hydrogen-bond donors (Lipinski definition) is 1. The maximum absolute atomic E-state index is 3.16. The van der Waals surface area contributed by atoms with Crippen LogP contribution in [0.4, 0.5) is 0 Å². The van der Waals surface area contributed by atoms with Crippen molar-refractivity contribution < 1.29 is 0 Å². The molecule has 1 nitrogen and oxygen atoms in total. The quantitative estimate of drug-likeness (QED) is 0.597. The molecule has 0 amide bonds. The molecule has 0 aliphatic rings. The fourth-order valence-electron chi connectivity index (χ4n) is 0.611. The molecule has 0 fully saturated rings. The molecule has 1 unspecified atom stereocenters. The van der Waals surface area contributed by atoms with Crippen molar-refractivity contribution in [3.05, 3.63) is 0 Å². The van der Waals surface area contributed by atoms with Crippen LogP contribution in [0.25, 0.3) is 0 Å². The molecule has 0 aromatic rings. The van der Waals surface area contributed by atoms with Crippen LogP contribution in [0.15, 0.2) is 0 Å². The minimum Gasteiger partial charge on any atom is -0.320 e. The summed E-state index contributed by atoms with van der Waals surface area (Å²) in [6.45, 7) is 8.19. The summed E-state index contributed by atoms with van der Waals surface area (Å²) < 4.78 is 0. The van der Waals surface area contributed by atoms with E-state index in [1.807, 2.05) is 7.05 Å². The van der Waals surface area contributed by atoms with Gasteiger partial charge in [0.1, 0.15) is 0 Å². The van der Waals surface area contributed by atoms with Crippen LogP contribution in [0, 0.1) is 0 Å². The number of hydrogen-bond acceptors (Lipinski definition) is 1. The molecule has 0 rings (SSSR count). The average molecular weight is 147 g/mol. The Hall–Kier alpha value is 0.390. The van der Waals surface area contributed by atoms with Gasteiger partial charge in [0.25, 0.3) is 0 Å². The van der Waals surface area contributed by atoms with Gasteiger partial charge in [0, 0.05) is 0 Å². The van der Waals surface area contributed by atoms with Crippen molar-refractivity contribution in [1.82, 2.24) is 5.32 Å². The molecule has 0 aliphatic carbocycles. The van der Waals surface area contributed by atoms with Crippen molar-refractivity contribution in [3.8, 4) is 0 Å². The van der Waals surface area contributed by atoms with E-state index in [0.29, 0.717) is 0 Å². The molecule has 0 heterocycles. The number of nitrogens with one attached hydrogen (secondary N) is 1. The lowest BCUT2D eigenvalue weighted by atomic mass is 10.3. The van der Waals surface area contributed by atoms with Crippen LogP contribution >= 0.6 is 7.92 Å². The van der Waals surface area contributed by atoms with Gasteiger partial charge in [0.05, 0.1) is 0 Å². The van der Waals surface area contributed by atoms with Gasteiger partial charge in [-0.1, -0.05) is 6.92 Å². The minimum absolute atomic E-state index is 0.287. The van der Waals surface area contributed by atoms with Gasteiger partial charge in [0.2, 0.25) is 0 Å². The fraction of sp³-hybridized carbons (Fsp3) is 1.00.